The summed E-state index contributed by atoms with van der Waals surface area (Å²) in [7, 11) is 1.66. The van der Waals surface area contributed by atoms with E-state index in [9.17, 15) is 9.90 Å². The Morgan fingerprint density at radius 2 is 1.92 bits per heavy atom. The van der Waals surface area contributed by atoms with Crippen molar-refractivity contribution in [3.05, 3.63) is 29.8 Å². The number of benzene rings is 1. The summed E-state index contributed by atoms with van der Waals surface area (Å²) in [4.78, 5) is 14.6. The number of hydrogen-bond donors (Lipinski definition) is 1. The minimum Gasteiger partial charge on any atom is -0.497 e. The Hall–Kier alpha value is -1.75. The van der Waals surface area contributed by atoms with Gasteiger partial charge in [-0.25, -0.2) is 4.79 Å². The number of aliphatic hydroxyl groups excluding tert-OH is 1. The highest BCUT2D eigenvalue weighted by atomic mass is 16.6. The van der Waals surface area contributed by atoms with Gasteiger partial charge < -0.3 is 19.5 Å². The molecule has 0 radical (unpaired) electrons. The van der Waals surface area contributed by atoms with E-state index >= 15 is 0 Å². The van der Waals surface area contributed by atoms with Crippen molar-refractivity contribution in [3.8, 4) is 5.75 Å². The van der Waals surface area contributed by atoms with Gasteiger partial charge in [0.25, 0.3) is 0 Å². The molecule has 1 amide bonds. The van der Waals surface area contributed by atoms with Crippen LogP contribution in [0, 0.1) is 5.92 Å². The van der Waals surface area contributed by atoms with Gasteiger partial charge in [0.05, 0.1) is 7.11 Å². The molecule has 5 heteroatoms. The summed E-state index contributed by atoms with van der Waals surface area (Å²) in [6.45, 7) is 5.74. The molecule has 2 heterocycles. The minimum atomic E-state index is -0.502. The third-order valence-electron chi connectivity index (χ3n) is 5.44. The lowest BCUT2D eigenvalue weighted by atomic mass is 9.76. The van der Waals surface area contributed by atoms with Crippen molar-refractivity contribution in [1.82, 2.24) is 4.90 Å². The summed E-state index contributed by atoms with van der Waals surface area (Å²) in [6, 6.07) is 8.32. The molecule has 1 N–H and O–H groups in total. The van der Waals surface area contributed by atoms with Gasteiger partial charge in [-0.15, -0.1) is 0 Å². The average Bonchev–Trinajstić information content (AvgIpc) is 2.88. The molecule has 0 aromatic heterocycles. The van der Waals surface area contributed by atoms with E-state index in [-0.39, 0.29) is 36.6 Å². The number of ether oxygens (including phenoxy) is 2. The van der Waals surface area contributed by atoms with E-state index < -0.39 is 5.60 Å². The lowest BCUT2D eigenvalue weighted by molar-refractivity contribution is -0.0123. The molecule has 2 fully saturated rings. The maximum absolute atomic E-state index is 12.7. The van der Waals surface area contributed by atoms with E-state index in [2.05, 4.69) is 12.1 Å². The first-order valence-corrected chi connectivity index (χ1v) is 9.10. The van der Waals surface area contributed by atoms with Crippen LogP contribution >= 0.6 is 0 Å². The van der Waals surface area contributed by atoms with Crippen molar-refractivity contribution in [2.75, 3.05) is 13.7 Å². The standard InChI is InChI=1S/C20H29NO4/c1-20(2,3)25-19(23)21-14-7-10-18(21)17(12-22)16(11-14)13-5-8-15(24-4)9-6-13/h5-6,8-9,14,16-18,22H,7,10-12H2,1-4H3/t14-,16+,17+,18+/m1/s1. The van der Waals surface area contributed by atoms with E-state index in [0.29, 0.717) is 0 Å². The first-order chi connectivity index (χ1) is 11.8. The third kappa shape index (κ3) is 3.61. The highest BCUT2D eigenvalue weighted by molar-refractivity contribution is 5.70. The molecule has 1 aromatic carbocycles. The van der Waals surface area contributed by atoms with Crippen LogP contribution in [0.25, 0.3) is 0 Å². The van der Waals surface area contributed by atoms with E-state index in [4.69, 9.17) is 9.47 Å². The van der Waals surface area contributed by atoms with Crippen molar-refractivity contribution >= 4 is 6.09 Å². The zero-order valence-electron chi connectivity index (χ0n) is 15.6. The molecular weight excluding hydrogens is 318 g/mol. The Labute approximate surface area is 149 Å². The second kappa shape index (κ2) is 6.87. The molecule has 0 unspecified atom stereocenters. The van der Waals surface area contributed by atoms with Crippen LogP contribution in [0.3, 0.4) is 0 Å². The van der Waals surface area contributed by atoms with Crippen LogP contribution in [0.4, 0.5) is 4.79 Å². The third-order valence-corrected chi connectivity index (χ3v) is 5.44. The number of amides is 1. The van der Waals surface area contributed by atoms with E-state index in [1.165, 1.54) is 5.56 Å². The van der Waals surface area contributed by atoms with Gasteiger partial charge in [0, 0.05) is 24.6 Å². The molecule has 2 bridgehead atoms. The Bertz CT molecular complexity index is 607. The Morgan fingerprint density at radius 3 is 2.48 bits per heavy atom. The Kier molecular flexibility index (Phi) is 4.96. The normalized spacial score (nSPS) is 28.8. The van der Waals surface area contributed by atoms with Gasteiger partial charge in [0.1, 0.15) is 11.4 Å². The fraction of sp³-hybridized carbons (Fsp3) is 0.650. The number of carbonyl (C=O) groups is 1. The number of fused-ring (bicyclic) bond motifs is 2. The van der Waals surface area contributed by atoms with Crippen LogP contribution in [0.1, 0.15) is 51.5 Å². The summed E-state index contributed by atoms with van der Waals surface area (Å²) < 4.78 is 10.9. The van der Waals surface area contributed by atoms with Crippen molar-refractivity contribution in [3.63, 3.8) is 0 Å². The van der Waals surface area contributed by atoms with Gasteiger partial charge in [-0.1, -0.05) is 12.1 Å². The molecule has 5 nitrogen and oxygen atoms in total. The fourth-order valence-electron chi connectivity index (χ4n) is 4.38. The Morgan fingerprint density at radius 1 is 1.24 bits per heavy atom. The largest absolute Gasteiger partial charge is 0.497 e. The summed E-state index contributed by atoms with van der Waals surface area (Å²) >= 11 is 0. The molecule has 1 aromatic rings. The van der Waals surface area contributed by atoms with Crippen LogP contribution in [-0.4, -0.2) is 47.5 Å². The predicted molar refractivity (Wildman–Crippen MR) is 95.8 cm³/mol. The van der Waals surface area contributed by atoms with Crippen molar-refractivity contribution in [2.45, 2.75) is 63.6 Å². The van der Waals surface area contributed by atoms with Gasteiger partial charge in [0.15, 0.2) is 0 Å². The monoisotopic (exact) mass is 347 g/mol. The lowest BCUT2D eigenvalue weighted by Crippen LogP contribution is -2.53. The summed E-state index contributed by atoms with van der Waals surface area (Å²) in [6.07, 6.45) is 2.54. The summed E-state index contributed by atoms with van der Waals surface area (Å²) in [5, 5.41) is 10.1. The van der Waals surface area contributed by atoms with Crippen LogP contribution in [0.15, 0.2) is 24.3 Å². The molecule has 0 aliphatic carbocycles. The lowest BCUT2D eigenvalue weighted by Gasteiger charge is -2.44. The molecule has 3 rings (SSSR count). The summed E-state index contributed by atoms with van der Waals surface area (Å²) in [5.74, 6) is 1.13. The van der Waals surface area contributed by atoms with Crippen molar-refractivity contribution in [1.29, 1.82) is 0 Å². The summed E-state index contributed by atoms with van der Waals surface area (Å²) in [5.41, 5.74) is 0.707. The molecule has 2 aliphatic rings. The van der Waals surface area contributed by atoms with E-state index in [0.717, 1.165) is 25.0 Å². The van der Waals surface area contributed by atoms with Crippen molar-refractivity contribution < 1.29 is 19.4 Å². The van der Waals surface area contributed by atoms with Gasteiger partial charge in [-0.2, -0.15) is 0 Å². The average molecular weight is 347 g/mol. The second-order valence-corrected chi connectivity index (χ2v) is 8.15. The number of nitrogens with zero attached hydrogens (tertiary/aromatic N) is 1. The van der Waals surface area contributed by atoms with Crippen molar-refractivity contribution in [2.24, 2.45) is 5.92 Å². The first kappa shape index (κ1) is 18.1. The molecule has 0 spiro atoms. The van der Waals surface area contributed by atoms with Gasteiger partial charge in [0.2, 0.25) is 0 Å². The number of methoxy groups -OCH3 is 1. The van der Waals surface area contributed by atoms with Crippen LogP contribution in [0.2, 0.25) is 0 Å². The topological polar surface area (TPSA) is 59.0 Å². The molecule has 138 valence electrons. The zero-order valence-corrected chi connectivity index (χ0v) is 15.6. The number of aliphatic hydroxyl groups is 1. The van der Waals surface area contributed by atoms with Gasteiger partial charge in [-0.3, -0.25) is 0 Å². The van der Waals surface area contributed by atoms with E-state index in [1.54, 1.807) is 7.11 Å². The number of carbonyl (C=O) groups excluding carboxylic acids is 1. The van der Waals surface area contributed by atoms with E-state index in [1.807, 2.05) is 37.8 Å². The fourth-order valence-corrected chi connectivity index (χ4v) is 4.38. The predicted octanol–water partition coefficient (Wildman–Crippen LogP) is 3.56. The molecule has 2 saturated heterocycles. The van der Waals surface area contributed by atoms with Crippen LogP contribution in [-0.2, 0) is 4.74 Å². The number of piperidine rings is 1. The smallest absolute Gasteiger partial charge is 0.410 e. The maximum Gasteiger partial charge on any atom is 0.410 e. The first-order valence-electron chi connectivity index (χ1n) is 9.10. The molecular formula is C20H29NO4. The van der Waals surface area contributed by atoms with Gasteiger partial charge >= 0.3 is 6.09 Å². The van der Waals surface area contributed by atoms with Crippen LogP contribution < -0.4 is 4.74 Å². The zero-order chi connectivity index (χ0) is 18.2. The number of hydrogen-bond acceptors (Lipinski definition) is 4. The molecule has 2 aliphatic heterocycles. The van der Waals surface area contributed by atoms with Crippen LogP contribution in [0.5, 0.6) is 5.75 Å². The minimum absolute atomic E-state index is 0.0414. The Balaban J connectivity index is 1.82. The quantitative estimate of drug-likeness (QED) is 0.908. The molecule has 0 saturated carbocycles. The molecule has 4 atom stereocenters. The SMILES string of the molecule is COc1ccc([C@@H]2C[C@H]3CC[C@@H]([C@H]2CO)N3C(=O)OC(C)(C)C)cc1. The maximum atomic E-state index is 12.7. The van der Waals surface area contributed by atoms with Gasteiger partial charge in [-0.05, 0) is 63.6 Å². The second-order valence-electron chi connectivity index (χ2n) is 8.15. The number of rotatable bonds is 3. The highest BCUT2D eigenvalue weighted by Crippen LogP contribution is 2.47. The molecule has 25 heavy (non-hydrogen) atoms. The highest BCUT2D eigenvalue weighted by Gasteiger charge is 2.50.